The largest absolute Gasteiger partial charge is 0.369 e. The first-order chi connectivity index (χ1) is 10.1. The zero-order chi connectivity index (χ0) is 15.2. The maximum Gasteiger partial charge on any atom is 0.309 e. The molecule has 1 heterocycles. The quantitative estimate of drug-likeness (QED) is 0.771. The summed E-state index contributed by atoms with van der Waals surface area (Å²) in [6, 6.07) is 7.82. The Balaban J connectivity index is 1.72. The summed E-state index contributed by atoms with van der Waals surface area (Å²) in [5.74, 6) is -1.67. The minimum absolute atomic E-state index is 0.433. The molecule has 0 spiro atoms. The first-order valence-electron chi connectivity index (χ1n) is 6.87. The second kappa shape index (κ2) is 7.28. The number of nitrogens with two attached hydrogens (primary N) is 1. The van der Waals surface area contributed by atoms with Crippen LogP contribution in [0.5, 0.6) is 0 Å². The van der Waals surface area contributed by atoms with E-state index in [9.17, 15) is 9.59 Å². The lowest BCUT2D eigenvalue weighted by Crippen LogP contribution is -2.49. The van der Waals surface area contributed by atoms with Crippen molar-refractivity contribution in [3.05, 3.63) is 29.3 Å². The van der Waals surface area contributed by atoms with Crippen molar-refractivity contribution < 1.29 is 9.59 Å². The predicted molar refractivity (Wildman–Crippen MR) is 82.3 cm³/mol. The second-order valence-corrected chi connectivity index (χ2v) is 5.36. The van der Waals surface area contributed by atoms with E-state index in [1.165, 1.54) is 5.69 Å². The van der Waals surface area contributed by atoms with Gasteiger partial charge >= 0.3 is 11.8 Å². The van der Waals surface area contributed by atoms with E-state index in [4.69, 9.17) is 17.3 Å². The molecule has 1 aromatic rings. The van der Waals surface area contributed by atoms with Gasteiger partial charge in [-0.3, -0.25) is 14.5 Å². The van der Waals surface area contributed by atoms with Gasteiger partial charge in [0.15, 0.2) is 0 Å². The van der Waals surface area contributed by atoms with Crippen LogP contribution in [-0.4, -0.2) is 56.0 Å². The number of hydrogen-bond acceptors (Lipinski definition) is 4. The first-order valence-corrected chi connectivity index (χ1v) is 7.24. The topological polar surface area (TPSA) is 78.7 Å². The van der Waals surface area contributed by atoms with Crippen molar-refractivity contribution in [3.63, 3.8) is 0 Å². The molecule has 2 rings (SSSR count). The van der Waals surface area contributed by atoms with E-state index in [0.717, 1.165) is 31.2 Å². The van der Waals surface area contributed by atoms with E-state index >= 15 is 0 Å². The summed E-state index contributed by atoms with van der Waals surface area (Å²) in [6.45, 7) is 4.82. The smallest absolute Gasteiger partial charge is 0.309 e. The van der Waals surface area contributed by atoms with Gasteiger partial charge in [0.25, 0.3) is 0 Å². The number of carbonyl (C=O) groups is 2. The van der Waals surface area contributed by atoms with E-state index in [-0.39, 0.29) is 0 Å². The second-order valence-electron chi connectivity index (χ2n) is 4.93. The molecule has 1 aliphatic heterocycles. The molecule has 7 heteroatoms. The fraction of sp³-hybridized carbons (Fsp3) is 0.429. The highest BCUT2D eigenvalue weighted by Crippen LogP contribution is 2.19. The standard InChI is InChI=1S/C14H19ClN4O2/c15-11-1-3-12(4-2-11)19-9-7-18(8-10-19)6-5-17-14(21)13(16)20/h1-4H,5-10H2,(H2,16,20)(H,17,21). The number of anilines is 1. The van der Waals surface area contributed by atoms with Gasteiger partial charge in [0.1, 0.15) is 0 Å². The van der Waals surface area contributed by atoms with Crippen molar-refractivity contribution in [3.8, 4) is 0 Å². The maximum absolute atomic E-state index is 11.0. The molecule has 3 N–H and O–H groups in total. The normalized spacial score (nSPS) is 15.8. The average Bonchev–Trinajstić information content (AvgIpc) is 2.48. The third kappa shape index (κ3) is 4.61. The minimum Gasteiger partial charge on any atom is -0.369 e. The van der Waals surface area contributed by atoms with Crippen LogP contribution < -0.4 is 16.0 Å². The van der Waals surface area contributed by atoms with Gasteiger partial charge in [-0.25, -0.2) is 0 Å². The summed E-state index contributed by atoms with van der Waals surface area (Å²) in [5, 5.41) is 3.23. The summed E-state index contributed by atoms with van der Waals surface area (Å²) in [4.78, 5) is 26.2. The number of nitrogens with zero attached hydrogens (tertiary/aromatic N) is 2. The van der Waals surface area contributed by atoms with Crippen molar-refractivity contribution in [2.75, 3.05) is 44.2 Å². The lowest BCUT2D eigenvalue weighted by molar-refractivity contribution is -0.137. The highest BCUT2D eigenvalue weighted by Gasteiger charge is 2.17. The fourth-order valence-corrected chi connectivity index (χ4v) is 2.42. The summed E-state index contributed by atoms with van der Waals surface area (Å²) in [7, 11) is 0. The molecule has 1 saturated heterocycles. The molecule has 0 aliphatic carbocycles. The molecular weight excluding hydrogens is 292 g/mol. The molecule has 0 unspecified atom stereocenters. The molecule has 1 aliphatic rings. The Bertz CT molecular complexity index is 498. The minimum atomic E-state index is -0.942. The number of amides is 2. The summed E-state index contributed by atoms with van der Waals surface area (Å²) < 4.78 is 0. The molecule has 21 heavy (non-hydrogen) atoms. The Morgan fingerprint density at radius 2 is 1.76 bits per heavy atom. The predicted octanol–water partition coefficient (Wildman–Crippen LogP) is 0.0635. The highest BCUT2D eigenvalue weighted by molar-refractivity contribution is 6.34. The SMILES string of the molecule is NC(=O)C(=O)NCCN1CCN(c2ccc(Cl)cc2)CC1. The number of primary amides is 1. The number of piperazine rings is 1. The average molecular weight is 311 g/mol. The highest BCUT2D eigenvalue weighted by atomic mass is 35.5. The number of halogens is 1. The number of nitrogens with one attached hydrogen (secondary N) is 1. The zero-order valence-corrected chi connectivity index (χ0v) is 12.5. The van der Waals surface area contributed by atoms with E-state index in [2.05, 4.69) is 15.1 Å². The molecule has 0 bridgehead atoms. The number of carbonyl (C=O) groups excluding carboxylic acids is 2. The van der Waals surface area contributed by atoms with Gasteiger partial charge in [-0.2, -0.15) is 0 Å². The van der Waals surface area contributed by atoms with Crippen LogP contribution in [0, 0.1) is 0 Å². The number of rotatable bonds is 4. The molecule has 2 amide bonds. The van der Waals surface area contributed by atoms with Crippen LogP contribution in [0.3, 0.4) is 0 Å². The third-order valence-corrected chi connectivity index (χ3v) is 3.75. The Morgan fingerprint density at radius 3 is 2.33 bits per heavy atom. The number of benzene rings is 1. The zero-order valence-electron chi connectivity index (χ0n) is 11.7. The lowest BCUT2D eigenvalue weighted by atomic mass is 10.2. The number of hydrogen-bond donors (Lipinski definition) is 2. The Labute approximate surface area is 128 Å². The van der Waals surface area contributed by atoms with Gasteiger partial charge in [0.05, 0.1) is 0 Å². The van der Waals surface area contributed by atoms with Crippen molar-refractivity contribution in [2.24, 2.45) is 5.73 Å². The molecule has 0 radical (unpaired) electrons. The van der Waals surface area contributed by atoms with Crippen LogP contribution in [0.1, 0.15) is 0 Å². The maximum atomic E-state index is 11.0. The molecule has 1 fully saturated rings. The van der Waals surface area contributed by atoms with Crippen LogP contribution in [-0.2, 0) is 9.59 Å². The van der Waals surface area contributed by atoms with Gasteiger partial charge in [0.2, 0.25) is 0 Å². The Hall–Kier alpha value is -1.79. The van der Waals surface area contributed by atoms with Gasteiger partial charge in [0, 0.05) is 50.0 Å². The molecule has 0 aromatic heterocycles. The van der Waals surface area contributed by atoms with E-state index in [0.29, 0.717) is 13.1 Å². The molecule has 6 nitrogen and oxygen atoms in total. The first kappa shape index (κ1) is 15.6. The van der Waals surface area contributed by atoms with E-state index < -0.39 is 11.8 Å². The Kier molecular flexibility index (Phi) is 5.41. The molecule has 0 saturated carbocycles. The third-order valence-electron chi connectivity index (χ3n) is 3.50. The van der Waals surface area contributed by atoms with Crippen molar-refractivity contribution >= 4 is 29.1 Å². The van der Waals surface area contributed by atoms with Gasteiger partial charge in [-0.15, -0.1) is 0 Å². The van der Waals surface area contributed by atoms with Crippen molar-refractivity contribution in [2.45, 2.75) is 0 Å². The molecule has 114 valence electrons. The van der Waals surface area contributed by atoms with Crippen LogP contribution in [0.25, 0.3) is 0 Å². The fourth-order valence-electron chi connectivity index (χ4n) is 2.30. The van der Waals surface area contributed by atoms with Gasteiger partial charge in [-0.05, 0) is 24.3 Å². The summed E-state index contributed by atoms with van der Waals surface area (Å²) in [6.07, 6.45) is 0. The van der Waals surface area contributed by atoms with Crippen LogP contribution in [0.15, 0.2) is 24.3 Å². The summed E-state index contributed by atoms with van der Waals surface area (Å²) >= 11 is 5.88. The monoisotopic (exact) mass is 310 g/mol. The van der Waals surface area contributed by atoms with Crippen LogP contribution in [0.4, 0.5) is 5.69 Å². The van der Waals surface area contributed by atoms with Gasteiger partial charge in [-0.1, -0.05) is 11.6 Å². The molecular formula is C14H19ClN4O2. The lowest BCUT2D eigenvalue weighted by Gasteiger charge is -2.36. The van der Waals surface area contributed by atoms with Crippen molar-refractivity contribution in [1.29, 1.82) is 0 Å². The van der Waals surface area contributed by atoms with E-state index in [1.54, 1.807) is 0 Å². The summed E-state index contributed by atoms with van der Waals surface area (Å²) in [5.41, 5.74) is 6.04. The van der Waals surface area contributed by atoms with Crippen LogP contribution in [0.2, 0.25) is 5.02 Å². The van der Waals surface area contributed by atoms with Crippen LogP contribution >= 0.6 is 11.6 Å². The van der Waals surface area contributed by atoms with Gasteiger partial charge < -0.3 is 16.0 Å². The molecule has 0 atom stereocenters. The molecule has 1 aromatic carbocycles. The Morgan fingerprint density at radius 1 is 1.14 bits per heavy atom. The van der Waals surface area contributed by atoms with E-state index in [1.807, 2.05) is 24.3 Å². The van der Waals surface area contributed by atoms with Crippen molar-refractivity contribution in [1.82, 2.24) is 10.2 Å².